The summed E-state index contributed by atoms with van der Waals surface area (Å²) in [7, 11) is 0. The predicted molar refractivity (Wildman–Crippen MR) is 111 cm³/mol. The molecule has 1 atom stereocenters. The van der Waals surface area contributed by atoms with Gasteiger partial charge in [0, 0.05) is 11.6 Å². The summed E-state index contributed by atoms with van der Waals surface area (Å²) in [5.74, 6) is -1.35. The second-order valence-electron chi connectivity index (χ2n) is 6.82. The van der Waals surface area contributed by atoms with Crippen LogP contribution in [0.3, 0.4) is 0 Å². The Kier molecular flexibility index (Phi) is 6.50. The van der Waals surface area contributed by atoms with Crippen molar-refractivity contribution >= 4 is 17.6 Å². The van der Waals surface area contributed by atoms with E-state index in [9.17, 15) is 9.59 Å². The highest BCUT2D eigenvalue weighted by atomic mass is 16.5. The molecule has 1 unspecified atom stereocenters. The number of esters is 2. The summed E-state index contributed by atoms with van der Waals surface area (Å²) in [6.07, 6.45) is 0. The maximum Gasteiger partial charge on any atom is 0.337 e. The Morgan fingerprint density at radius 3 is 2.10 bits per heavy atom. The molecule has 1 heterocycles. The van der Waals surface area contributed by atoms with Gasteiger partial charge in [-0.05, 0) is 25.0 Å². The molecule has 0 amide bonds. The summed E-state index contributed by atoms with van der Waals surface area (Å²) in [4.78, 5) is 25.6. The molecule has 29 heavy (non-hydrogen) atoms. The lowest BCUT2D eigenvalue weighted by atomic mass is 9.85. The zero-order valence-electron chi connectivity index (χ0n) is 16.9. The van der Waals surface area contributed by atoms with E-state index in [0.29, 0.717) is 22.5 Å². The summed E-state index contributed by atoms with van der Waals surface area (Å²) in [6, 6.07) is 19.1. The second kappa shape index (κ2) is 9.24. The third kappa shape index (κ3) is 4.57. The Morgan fingerprint density at radius 1 is 0.897 bits per heavy atom. The van der Waals surface area contributed by atoms with Crippen molar-refractivity contribution in [3.63, 3.8) is 0 Å². The van der Waals surface area contributed by atoms with Crippen molar-refractivity contribution in [2.45, 2.75) is 27.4 Å². The molecule has 1 aliphatic rings. The average molecular weight is 391 g/mol. The van der Waals surface area contributed by atoms with E-state index >= 15 is 0 Å². The Bertz CT molecular complexity index is 945. The minimum Gasteiger partial charge on any atom is -0.463 e. The van der Waals surface area contributed by atoms with Gasteiger partial charge in [0.2, 0.25) is 0 Å². The van der Waals surface area contributed by atoms with Crippen LogP contribution in [0.4, 0.5) is 0 Å². The van der Waals surface area contributed by atoms with Crippen molar-refractivity contribution in [2.75, 3.05) is 6.61 Å². The highest BCUT2D eigenvalue weighted by molar-refractivity contribution is 6.03. The molecular weight excluding hydrogens is 366 g/mol. The standard InChI is InChI=1S/C24H25NO4/c1-4-28-23(26)20-16(2)21(24(27)29-15-18-11-7-5-8-12-18)22(25-17(20)3)19-13-9-6-10-14-19/h5-14,16,25H,4,15H2,1-3H3. The minimum atomic E-state index is -0.464. The number of hydrogen-bond acceptors (Lipinski definition) is 5. The van der Waals surface area contributed by atoms with Crippen LogP contribution in [-0.4, -0.2) is 18.5 Å². The van der Waals surface area contributed by atoms with Crippen molar-refractivity contribution in [1.29, 1.82) is 0 Å². The highest BCUT2D eigenvalue weighted by Crippen LogP contribution is 2.35. The minimum absolute atomic E-state index is 0.162. The van der Waals surface area contributed by atoms with E-state index in [0.717, 1.165) is 11.1 Å². The third-order valence-corrected chi connectivity index (χ3v) is 4.84. The van der Waals surface area contributed by atoms with E-state index in [4.69, 9.17) is 9.47 Å². The van der Waals surface area contributed by atoms with Crippen LogP contribution in [-0.2, 0) is 25.7 Å². The molecule has 0 saturated heterocycles. The maximum absolute atomic E-state index is 13.1. The van der Waals surface area contributed by atoms with Crippen molar-refractivity contribution in [2.24, 2.45) is 5.92 Å². The van der Waals surface area contributed by atoms with Gasteiger partial charge in [-0.25, -0.2) is 9.59 Å². The fourth-order valence-corrected chi connectivity index (χ4v) is 3.46. The molecule has 1 aliphatic heterocycles. The third-order valence-electron chi connectivity index (χ3n) is 4.84. The number of benzene rings is 2. The molecular formula is C24H25NO4. The maximum atomic E-state index is 13.1. The molecule has 0 spiro atoms. The van der Waals surface area contributed by atoms with Gasteiger partial charge in [-0.1, -0.05) is 67.6 Å². The fraction of sp³-hybridized carbons (Fsp3) is 0.250. The quantitative estimate of drug-likeness (QED) is 0.747. The van der Waals surface area contributed by atoms with Crippen LogP contribution in [0, 0.1) is 5.92 Å². The predicted octanol–water partition coefficient (Wildman–Crippen LogP) is 4.22. The van der Waals surface area contributed by atoms with E-state index in [1.165, 1.54) is 0 Å². The van der Waals surface area contributed by atoms with E-state index in [2.05, 4.69) is 5.32 Å². The van der Waals surface area contributed by atoms with E-state index < -0.39 is 17.9 Å². The number of nitrogens with one attached hydrogen (secondary N) is 1. The van der Waals surface area contributed by atoms with Crippen molar-refractivity contribution in [1.82, 2.24) is 5.32 Å². The molecule has 5 heteroatoms. The van der Waals surface area contributed by atoms with E-state index in [1.54, 1.807) is 6.92 Å². The van der Waals surface area contributed by atoms with Crippen LogP contribution in [0.25, 0.3) is 5.70 Å². The fourth-order valence-electron chi connectivity index (χ4n) is 3.46. The zero-order valence-corrected chi connectivity index (χ0v) is 16.9. The first-order chi connectivity index (χ1) is 14.0. The smallest absolute Gasteiger partial charge is 0.337 e. The number of dihydropyridines is 1. The molecule has 1 N–H and O–H groups in total. The van der Waals surface area contributed by atoms with Crippen LogP contribution in [0.15, 0.2) is 77.5 Å². The van der Waals surface area contributed by atoms with Gasteiger partial charge in [-0.15, -0.1) is 0 Å². The number of ether oxygens (including phenoxy) is 2. The molecule has 3 rings (SSSR count). The number of hydrogen-bond donors (Lipinski definition) is 1. The lowest BCUT2D eigenvalue weighted by Gasteiger charge is -2.29. The molecule has 0 fully saturated rings. The lowest BCUT2D eigenvalue weighted by molar-refractivity contribution is -0.141. The van der Waals surface area contributed by atoms with Crippen LogP contribution in [0.5, 0.6) is 0 Å². The summed E-state index contributed by atoms with van der Waals surface area (Å²) in [5, 5.41) is 3.24. The van der Waals surface area contributed by atoms with Crippen LogP contribution < -0.4 is 5.32 Å². The van der Waals surface area contributed by atoms with Crippen LogP contribution >= 0.6 is 0 Å². The van der Waals surface area contributed by atoms with Gasteiger partial charge >= 0.3 is 11.9 Å². The molecule has 0 aliphatic carbocycles. The molecule has 2 aromatic carbocycles. The SMILES string of the molecule is CCOC(=O)C1=C(C)NC(c2ccccc2)=C(C(=O)OCc2ccccc2)C1C. The molecule has 150 valence electrons. The van der Waals surface area contributed by atoms with Gasteiger partial charge in [0.15, 0.2) is 0 Å². The van der Waals surface area contributed by atoms with Gasteiger partial charge in [0.1, 0.15) is 6.61 Å². The molecule has 2 aromatic rings. The highest BCUT2D eigenvalue weighted by Gasteiger charge is 2.35. The first kappa shape index (κ1) is 20.4. The molecule has 5 nitrogen and oxygen atoms in total. The number of allylic oxidation sites excluding steroid dienone is 1. The number of rotatable bonds is 6. The largest absolute Gasteiger partial charge is 0.463 e. The van der Waals surface area contributed by atoms with E-state index in [1.807, 2.05) is 74.5 Å². The van der Waals surface area contributed by atoms with Crippen LogP contribution in [0.1, 0.15) is 31.9 Å². The monoisotopic (exact) mass is 391 g/mol. The normalized spacial score (nSPS) is 16.3. The first-order valence-corrected chi connectivity index (χ1v) is 9.68. The summed E-state index contributed by atoms with van der Waals surface area (Å²) >= 11 is 0. The van der Waals surface area contributed by atoms with Crippen molar-refractivity contribution in [3.8, 4) is 0 Å². The molecule has 0 bridgehead atoms. The van der Waals surface area contributed by atoms with E-state index in [-0.39, 0.29) is 13.2 Å². The molecule has 0 saturated carbocycles. The number of carbonyl (C=O) groups is 2. The van der Waals surface area contributed by atoms with Crippen molar-refractivity contribution in [3.05, 3.63) is 88.6 Å². The lowest BCUT2D eigenvalue weighted by Crippen LogP contribution is -2.32. The first-order valence-electron chi connectivity index (χ1n) is 9.68. The van der Waals surface area contributed by atoms with Crippen LogP contribution in [0.2, 0.25) is 0 Å². The van der Waals surface area contributed by atoms with Gasteiger partial charge < -0.3 is 14.8 Å². The van der Waals surface area contributed by atoms with Gasteiger partial charge in [0.05, 0.1) is 23.5 Å². The Balaban J connectivity index is 1.96. The topological polar surface area (TPSA) is 64.6 Å². The zero-order chi connectivity index (χ0) is 20.8. The molecule has 0 radical (unpaired) electrons. The Morgan fingerprint density at radius 2 is 1.48 bits per heavy atom. The van der Waals surface area contributed by atoms with Gasteiger partial charge in [-0.2, -0.15) is 0 Å². The van der Waals surface area contributed by atoms with Gasteiger partial charge in [-0.3, -0.25) is 0 Å². The molecule has 0 aromatic heterocycles. The summed E-state index contributed by atoms with van der Waals surface area (Å²) in [5.41, 5.74) is 3.94. The number of carbonyl (C=O) groups excluding carboxylic acids is 2. The Labute approximate surface area is 171 Å². The Hall–Kier alpha value is -3.34. The summed E-state index contributed by atoms with van der Waals surface area (Å²) < 4.78 is 10.8. The summed E-state index contributed by atoms with van der Waals surface area (Å²) in [6.45, 7) is 5.84. The second-order valence-corrected chi connectivity index (χ2v) is 6.82. The average Bonchev–Trinajstić information content (AvgIpc) is 2.73. The van der Waals surface area contributed by atoms with Gasteiger partial charge in [0.25, 0.3) is 0 Å². The van der Waals surface area contributed by atoms with Crippen molar-refractivity contribution < 1.29 is 19.1 Å².